The fourth-order valence-corrected chi connectivity index (χ4v) is 2.97. The molecular formula is C15H15BrN2O3. The van der Waals surface area contributed by atoms with E-state index in [1.165, 1.54) is 0 Å². The smallest absolute Gasteiger partial charge is 0.289 e. The highest BCUT2D eigenvalue weighted by molar-refractivity contribution is 9.10. The Kier molecular flexibility index (Phi) is 3.71. The van der Waals surface area contributed by atoms with Gasteiger partial charge in [-0.25, -0.2) is 0 Å². The maximum Gasteiger partial charge on any atom is 0.289 e. The molecule has 1 aliphatic heterocycles. The van der Waals surface area contributed by atoms with Gasteiger partial charge in [0.15, 0.2) is 5.76 Å². The minimum Gasteiger partial charge on any atom is -0.451 e. The van der Waals surface area contributed by atoms with Crippen LogP contribution in [0.1, 0.15) is 23.4 Å². The Bertz CT molecular complexity index is 702. The molecule has 6 heteroatoms. The van der Waals surface area contributed by atoms with Crippen LogP contribution in [0.3, 0.4) is 0 Å². The third-order valence-electron chi connectivity index (χ3n) is 3.88. The minimum atomic E-state index is -0.282. The van der Waals surface area contributed by atoms with Crippen LogP contribution in [0.15, 0.2) is 33.2 Å². The molecule has 0 unspecified atom stereocenters. The van der Waals surface area contributed by atoms with Gasteiger partial charge in [-0.15, -0.1) is 0 Å². The van der Waals surface area contributed by atoms with E-state index < -0.39 is 0 Å². The van der Waals surface area contributed by atoms with Crippen molar-refractivity contribution in [2.75, 3.05) is 13.1 Å². The number of rotatable bonds is 2. The molecule has 0 aliphatic carbocycles. The Labute approximate surface area is 130 Å². The van der Waals surface area contributed by atoms with Crippen LogP contribution in [0.4, 0.5) is 0 Å². The van der Waals surface area contributed by atoms with Crippen molar-refractivity contribution in [2.45, 2.75) is 12.8 Å². The predicted molar refractivity (Wildman–Crippen MR) is 81.7 cm³/mol. The summed E-state index contributed by atoms with van der Waals surface area (Å²) in [6.07, 6.45) is 1.24. The molecule has 2 heterocycles. The number of nitrogens with zero attached hydrogens (tertiary/aromatic N) is 1. The first-order valence-electron chi connectivity index (χ1n) is 6.82. The van der Waals surface area contributed by atoms with E-state index in [2.05, 4.69) is 15.9 Å². The van der Waals surface area contributed by atoms with Crippen molar-refractivity contribution < 1.29 is 14.0 Å². The van der Waals surface area contributed by atoms with Gasteiger partial charge in [0, 0.05) is 28.9 Å². The number of fused-ring (bicyclic) bond motifs is 1. The number of benzene rings is 1. The predicted octanol–water partition coefficient (Wildman–Crippen LogP) is 2.53. The zero-order chi connectivity index (χ0) is 15.0. The number of nitrogens with two attached hydrogens (primary N) is 1. The Morgan fingerprint density at radius 3 is 2.62 bits per heavy atom. The maximum atomic E-state index is 12.4. The molecule has 2 amide bonds. The van der Waals surface area contributed by atoms with E-state index in [0.29, 0.717) is 37.3 Å². The number of piperidine rings is 1. The highest BCUT2D eigenvalue weighted by atomic mass is 79.9. The summed E-state index contributed by atoms with van der Waals surface area (Å²) in [7, 11) is 0. The number of hydrogen-bond donors (Lipinski definition) is 1. The number of likely N-dealkylation sites (tertiary alicyclic amines) is 1. The summed E-state index contributed by atoms with van der Waals surface area (Å²) in [5.41, 5.74) is 5.98. The largest absolute Gasteiger partial charge is 0.451 e. The van der Waals surface area contributed by atoms with Crippen molar-refractivity contribution in [3.8, 4) is 0 Å². The molecule has 1 aromatic heterocycles. The molecule has 0 spiro atoms. The fourth-order valence-electron chi connectivity index (χ4n) is 2.63. The molecule has 1 aliphatic rings. The molecule has 2 aromatic rings. The van der Waals surface area contributed by atoms with Crippen molar-refractivity contribution in [1.29, 1.82) is 0 Å². The Hall–Kier alpha value is -1.82. The van der Waals surface area contributed by atoms with Gasteiger partial charge in [0.2, 0.25) is 5.91 Å². The number of amides is 2. The van der Waals surface area contributed by atoms with Gasteiger partial charge in [-0.1, -0.05) is 15.9 Å². The third-order valence-corrected chi connectivity index (χ3v) is 4.37. The van der Waals surface area contributed by atoms with Crippen LogP contribution in [-0.2, 0) is 4.79 Å². The lowest BCUT2D eigenvalue weighted by Gasteiger charge is -2.29. The lowest BCUT2D eigenvalue weighted by Crippen LogP contribution is -2.41. The molecule has 3 rings (SSSR count). The monoisotopic (exact) mass is 350 g/mol. The maximum absolute atomic E-state index is 12.4. The molecule has 1 saturated heterocycles. The third kappa shape index (κ3) is 2.81. The van der Waals surface area contributed by atoms with E-state index >= 15 is 0 Å². The van der Waals surface area contributed by atoms with E-state index in [-0.39, 0.29) is 17.7 Å². The van der Waals surface area contributed by atoms with Crippen LogP contribution in [0.25, 0.3) is 11.0 Å². The summed E-state index contributed by atoms with van der Waals surface area (Å²) < 4.78 is 6.53. The van der Waals surface area contributed by atoms with Gasteiger partial charge in [0.25, 0.3) is 5.91 Å². The van der Waals surface area contributed by atoms with E-state index in [4.69, 9.17) is 10.2 Å². The van der Waals surface area contributed by atoms with Crippen molar-refractivity contribution in [3.05, 3.63) is 34.5 Å². The normalized spacial score (nSPS) is 16.3. The van der Waals surface area contributed by atoms with Crippen molar-refractivity contribution >= 4 is 38.7 Å². The number of carbonyl (C=O) groups is 2. The second-order valence-electron chi connectivity index (χ2n) is 5.26. The number of furan rings is 1. The summed E-state index contributed by atoms with van der Waals surface area (Å²) in [5, 5.41) is 0.897. The first-order valence-corrected chi connectivity index (χ1v) is 7.61. The number of carbonyl (C=O) groups excluding carboxylic acids is 2. The zero-order valence-electron chi connectivity index (χ0n) is 11.3. The van der Waals surface area contributed by atoms with Crippen molar-refractivity contribution in [3.63, 3.8) is 0 Å². The topological polar surface area (TPSA) is 76.5 Å². The van der Waals surface area contributed by atoms with E-state index in [1.807, 2.05) is 18.2 Å². The lowest BCUT2D eigenvalue weighted by molar-refractivity contribution is -0.123. The van der Waals surface area contributed by atoms with Crippen LogP contribution in [0.2, 0.25) is 0 Å². The molecule has 0 bridgehead atoms. The van der Waals surface area contributed by atoms with Gasteiger partial charge < -0.3 is 15.1 Å². The lowest BCUT2D eigenvalue weighted by atomic mass is 9.96. The first kappa shape index (κ1) is 14.1. The van der Waals surface area contributed by atoms with Gasteiger partial charge in [0.05, 0.1) is 0 Å². The quantitative estimate of drug-likeness (QED) is 0.903. The second kappa shape index (κ2) is 5.52. The fraction of sp³-hybridized carbons (Fsp3) is 0.333. The summed E-state index contributed by atoms with van der Waals surface area (Å²) in [5.74, 6) is -0.206. The standard InChI is InChI=1S/C15H15BrN2O3/c16-11-2-1-10-7-13(21-12(10)8-11)15(20)18-5-3-9(4-6-18)14(17)19/h1-2,7-9H,3-6H2,(H2,17,19). The highest BCUT2D eigenvalue weighted by Gasteiger charge is 2.27. The van der Waals surface area contributed by atoms with E-state index in [0.717, 1.165) is 9.86 Å². The summed E-state index contributed by atoms with van der Waals surface area (Å²) in [4.78, 5) is 25.3. The van der Waals surface area contributed by atoms with Gasteiger partial charge in [-0.05, 0) is 37.1 Å². The second-order valence-corrected chi connectivity index (χ2v) is 6.18. The SMILES string of the molecule is NC(=O)C1CCN(C(=O)c2cc3ccc(Br)cc3o2)CC1. The summed E-state index contributed by atoms with van der Waals surface area (Å²) in [6, 6.07) is 7.40. The highest BCUT2D eigenvalue weighted by Crippen LogP contribution is 2.25. The van der Waals surface area contributed by atoms with Crippen molar-refractivity contribution in [2.24, 2.45) is 11.7 Å². The molecule has 5 nitrogen and oxygen atoms in total. The molecule has 2 N–H and O–H groups in total. The molecule has 110 valence electrons. The average Bonchev–Trinajstić information content (AvgIpc) is 2.89. The molecule has 1 aromatic carbocycles. The summed E-state index contributed by atoms with van der Waals surface area (Å²) >= 11 is 3.38. The van der Waals surface area contributed by atoms with Crippen LogP contribution in [0.5, 0.6) is 0 Å². The molecule has 0 saturated carbocycles. The molecule has 0 radical (unpaired) electrons. The van der Waals surface area contributed by atoms with Crippen molar-refractivity contribution in [1.82, 2.24) is 4.90 Å². The van der Waals surface area contributed by atoms with Crippen LogP contribution in [0, 0.1) is 5.92 Å². The Morgan fingerprint density at radius 2 is 1.95 bits per heavy atom. The first-order chi connectivity index (χ1) is 10.0. The number of halogens is 1. The Balaban J connectivity index is 1.76. The van der Waals surface area contributed by atoms with Gasteiger partial charge in [0.1, 0.15) is 5.58 Å². The number of primary amides is 1. The molecular weight excluding hydrogens is 336 g/mol. The van der Waals surface area contributed by atoms with Gasteiger partial charge >= 0.3 is 0 Å². The summed E-state index contributed by atoms with van der Waals surface area (Å²) in [6.45, 7) is 1.07. The Morgan fingerprint density at radius 1 is 1.24 bits per heavy atom. The van der Waals surface area contributed by atoms with Crippen LogP contribution in [-0.4, -0.2) is 29.8 Å². The van der Waals surface area contributed by atoms with Gasteiger partial charge in [-0.2, -0.15) is 0 Å². The molecule has 1 fully saturated rings. The minimum absolute atomic E-state index is 0.124. The number of hydrogen-bond acceptors (Lipinski definition) is 3. The van der Waals surface area contributed by atoms with Gasteiger partial charge in [-0.3, -0.25) is 9.59 Å². The molecule has 0 atom stereocenters. The zero-order valence-corrected chi connectivity index (χ0v) is 12.9. The van der Waals surface area contributed by atoms with E-state index in [1.54, 1.807) is 11.0 Å². The van der Waals surface area contributed by atoms with Crippen LogP contribution < -0.4 is 5.73 Å². The molecule has 21 heavy (non-hydrogen) atoms. The van der Waals surface area contributed by atoms with E-state index in [9.17, 15) is 9.59 Å². The average molecular weight is 351 g/mol. The van der Waals surface area contributed by atoms with Crippen LogP contribution >= 0.6 is 15.9 Å².